The summed E-state index contributed by atoms with van der Waals surface area (Å²) in [7, 11) is 3.08. The summed E-state index contributed by atoms with van der Waals surface area (Å²) < 4.78 is 11.3. The number of hydrogen-bond donors (Lipinski definition) is 1. The van der Waals surface area contributed by atoms with Crippen molar-refractivity contribution in [2.45, 2.75) is 6.54 Å². The maximum absolute atomic E-state index is 12.8. The van der Waals surface area contributed by atoms with Crippen LogP contribution in [0, 0.1) is 0 Å². The Hall–Kier alpha value is -2.03. The molecule has 1 aliphatic rings. The van der Waals surface area contributed by atoms with Crippen LogP contribution in [-0.2, 0) is 11.3 Å². The standard InChI is InChI=1S/C19H16BrNO4S2/c1-24-13-5-3-11(4-6-13)10-21-18(23)16(27-19(21)26)9-12-7-14(20)17(22)15(8-12)25-2/h3-9,22H,10H2,1-2H3/b16-9+. The second-order valence-electron chi connectivity index (χ2n) is 5.67. The van der Waals surface area contributed by atoms with Crippen LogP contribution in [0.5, 0.6) is 17.2 Å². The van der Waals surface area contributed by atoms with Crippen molar-refractivity contribution in [3.8, 4) is 17.2 Å². The molecule has 1 fully saturated rings. The molecule has 0 radical (unpaired) electrons. The number of carbonyl (C=O) groups excluding carboxylic acids is 1. The molecule has 0 saturated carbocycles. The molecule has 3 rings (SSSR count). The Labute approximate surface area is 175 Å². The maximum Gasteiger partial charge on any atom is 0.266 e. The molecule has 0 atom stereocenters. The predicted molar refractivity (Wildman–Crippen MR) is 114 cm³/mol. The number of hydrogen-bond acceptors (Lipinski definition) is 6. The lowest BCUT2D eigenvalue weighted by atomic mass is 10.1. The van der Waals surface area contributed by atoms with Crippen molar-refractivity contribution >= 4 is 56.2 Å². The number of aromatic hydroxyl groups is 1. The summed E-state index contributed by atoms with van der Waals surface area (Å²) in [6.45, 7) is 0.397. The number of halogens is 1. The van der Waals surface area contributed by atoms with E-state index in [1.807, 2.05) is 24.3 Å². The van der Waals surface area contributed by atoms with Crippen LogP contribution in [0.1, 0.15) is 11.1 Å². The highest BCUT2D eigenvalue weighted by Crippen LogP contribution is 2.38. The lowest BCUT2D eigenvalue weighted by Gasteiger charge is -2.14. The number of thioether (sulfide) groups is 1. The minimum absolute atomic E-state index is 0.0155. The predicted octanol–water partition coefficient (Wildman–Crippen LogP) is 4.57. The summed E-state index contributed by atoms with van der Waals surface area (Å²) in [6, 6.07) is 10.9. The highest BCUT2D eigenvalue weighted by molar-refractivity contribution is 9.10. The van der Waals surface area contributed by atoms with E-state index >= 15 is 0 Å². The quantitative estimate of drug-likeness (QED) is 0.515. The Morgan fingerprint density at radius 2 is 1.93 bits per heavy atom. The topological polar surface area (TPSA) is 59.0 Å². The summed E-state index contributed by atoms with van der Waals surface area (Å²) >= 11 is 9.92. The number of ether oxygens (including phenoxy) is 2. The average Bonchev–Trinajstić information content (AvgIpc) is 2.92. The molecule has 1 heterocycles. The molecule has 0 aliphatic carbocycles. The van der Waals surface area contributed by atoms with E-state index in [0.717, 1.165) is 16.9 Å². The molecule has 0 unspecified atom stereocenters. The lowest BCUT2D eigenvalue weighted by Crippen LogP contribution is -2.27. The second-order valence-corrected chi connectivity index (χ2v) is 8.20. The Balaban J connectivity index is 1.83. The van der Waals surface area contributed by atoms with Gasteiger partial charge in [-0.05, 0) is 57.4 Å². The number of nitrogens with zero attached hydrogens (tertiary/aromatic N) is 1. The number of methoxy groups -OCH3 is 2. The molecule has 27 heavy (non-hydrogen) atoms. The zero-order valence-corrected chi connectivity index (χ0v) is 17.8. The largest absolute Gasteiger partial charge is 0.503 e. The Morgan fingerprint density at radius 1 is 1.22 bits per heavy atom. The van der Waals surface area contributed by atoms with Gasteiger partial charge in [0.1, 0.15) is 10.1 Å². The number of amides is 1. The minimum atomic E-state index is -0.149. The molecule has 140 valence electrons. The zero-order valence-electron chi connectivity index (χ0n) is 14.6. The molecule has 0 spiro atoms. The van der Waals surface area contributed by atoms with Gasteiger partial charge in [0.15, 0.2) is 11.5 Å². The van der Waals surface area contributed by atoms with Crippen molar-refractivity contribution in [1.82, 2.24) is 4.90 Å². The first-order valence-electron chi connectivity index (χ1n) is 7.87. The summed E-state index contributed by atoms with van der Waals surface area (Å²) in [5, 5.41) is 9.92. The van der Waals surface area contributed by atoms with Gasteiger partial charge in [-0.1, -0.05) is 36.1 Å². The fraction of sp³-hybridized carbons (Fsp3) is 0.158. The van der Waals surface area contributed by atoms with Crippen LogP contribution < -0.4 is 9.47 Å². The van der Waals surface area contributed by atoms with Gasteiger partial charge >= 0.3 is 0 Å². The molecule has 1 aliphatic heterocycles. The molecule has 5 nitrogen and oxygen atoms in total. The van der Waals surface area contributed by atoms with Crippen molar-refractivity contribution < 1.29 is 19.4 Å². The number of rotatable bonds is 5. The van der Waals surface area contributed by atoms with Gasteiger partial charge in [-0.25, -0.2) is 0 Å². The van der Waals surface area contributed by atoms with Gasteiger partial charge in [-0.15, -0.1) is 0 Å². The first-order valence-corrected chi connectivity index (χ1v) is 9.89. The Kier molecular flexibility index (Phi) is 6.08. The zero-order chi connectivity index (χ0) is 19.6. The molecule has 2 aromatic carbocycles. The lowest BCUT2D eigenvalue weighted by molar-refractivity contribution is -0.122. The molecule has 2 aromatic rings. The van der Waals surface area contributed by atoms with Crippen LogP contribution in [0.15, 0.2) is 45.8 Å². The fourth-order valence-corrected chi connectivity index (χ4v) is 4.25. The van der Waals surface area contributed by atoms with Crippen molar-refractivity contribution in [3.05, 3.63) is 56.9 Å². The number of carbonyl (C=O) groups is 1. The van der Waals surface area contributed by atoms with E-state index < -0.39 is 0 Å². The van der Waals surface area contributed by atoms with Crippen molar-refractivity contribution in [2.24, 2.45) is 0 Å². The summed E-state index contributed by atoms with van der Waals surface area (Å²) in [4.78, 5) is 14.9. The van der Waals surface area contributed by atoms with Gasteiger partial charge in [0, 0.05) is 0 Å². The Bertz CT molecular complexity index is 928. The molecule has 8 heteroatoms. The van der Waals surface area contributed by atoms with Crippen LogP contribution in [0.4, 0.5) is 0 Å². The third-order valence-electron chi connectivity index (χ3n) is 3.94. The smallest absolute Gasteiger partial charge is 0.266 e. The molecule has 1 amide bonds. The molecule has 0 aromatic heterocycles. The molecule has 1 N–H and O–H groups in total. The third-order valence-corrected chi connectivity index (χ3v) is 5.92. The number of phenols is 1. The summed E-state index contributed by atoms with van der Waals surface area (Å²) in [6.07, 6.45) is 1.74. The van der Waals surface area contributed by atoms with Gasteiger partial charge in [0.05, 0.1) is 30.1 Å². The van der Waals surface area contributed by atoms with E-state index in [1.165, 1.54) is 18.9 Å². The van der Waals surface area contributed by atoms with Crippen LogP contribution in [0.25, 0.3) is 6.08 Å². The third kappa shape index (κ3) is 4.28. The van der Waals surface area contributed by atoms with E-state index in [0.29, 0.717) is 26.0 Å². The first kappa shape index (κ1) is 19.7. The van der Waals surface area contributed by atoms with E-state index in [2.05, 4.69) is 15.9 Å². The fourth-order valence-electron chi connectivity index (χ4n) is 2.53. The second kappa shape index (κ2) is 8.33. The van der Waals surface area contributed by atoms with E-state index in [1.54, 1.807) is 30.2 Å². The highest BCUT2D eigenvalue weighted by atomic mass is 79.9. The number of phenolic OH excluding ortho intramolecular Hbond substituents is 1. The molecular formula is C19H16BrNO4S2. The minimum Gasteiger partial charge on any atom is -0.503 e. The molecule has 0 bridgehead atoms. The molecule has 1 saturated heterocycles. The first-order chi connectivity index (χ1) is 12.9. The van der Waals surface area contributed by atoms with Crippen LogP contribution in [0.3, 0.4) is 0 Å². The molecular weight excluding hydrogens is 450 g/mol. The SMILES string of the molecule is COc1ccc(CN2C(=O)/C(=C\c3cc(Br)c(O)c(OC)c3)SC2=S)cc1. The number of benzene rings is 2. The van der Waals surface area contributed by atoms with Crippen LogP contribution >= 0.6 is 39.9 Å². The van der Waals surface area contributed by atoms with E-state index in [9.17, 15) is 9.90 Å². The number of thiocarbonyl (C=S) groups is 1. The van der Waals surface area contributed by atoms with Gasteiger partial charge in [0.2, 0.25) is 0 Å². The summed E-state index contributed by atoms with van der Waals surface area (Å²) in [5.74, 6) is 0.950. The monoisotopic (exact) mass is 465 g/mol. The van der Waals surface area contributed by atoms with Gasteiger partial charge in [-0.3, -0.25) is 9.69 Å². The van der Waals surface area contributed by atoms with Crippen LogP contribution in [0.2, 0.25) is 0 Å². The van der Waals surface area contributed by atoms with Crippen LogP contribution in [-0.4, -0.2) is 34.5 Å². The van der Waals surface area contributed by atoms with Crippen molar-refractivity contribution in [1.29, 1.82) is 0 Å². The average molecular weight is 466 g/mol. The van der Waals surface area contributed by atoms with Gasteiger partial charge in [-0.2, -0.15) is 0 Å². The van der Waals surface area contributed by atoms with E-state index in [4.69, 9.17) is 21.7 Å². The van der Waals surface area contributed by atoms with Gasteiger partial charge in [0.25, 0.3) is 5.91 Å². The summed E-state index contributed by atoms with van der Waals surface area (Å²) in [5.41, 5.74) is 1.68. The normalized spacial score (nSPS) is 15.5. The maximum atomic E-state index is 12.8. The van der Waals surface area contributed by atoms with Crippen molar-refractivity contribution in [2.75, 3.05) is 14.2 Å². The van der Waals surface area contributed by atoms with Crippen molar-refractivity contribution in [3.63, 3.8) is 0 Å². The Morgan fingerprint density at radius 3 is 2.56 bits per heavy atom. The van der Waals surface area contributed by atoms with E-state index in [-0.39, 0.29) is 11.7 Å². The van der Waals surface area contributed by atoms with Gasteiger partial charge < -0.3 is 14.6 Å². The highest BCUT2D eigenvalue weighted by Gasteiger charge is 2.32.